The molecule has 0 aliphatic rings. The van der Waals surface area contributed by atoms with E-state index in [2.05, 4.69) is 0 Å². The Morgan fingerprint density at radius 2 is 1.69 bits per heavy atom. The molecule has 1 rings (SSSR count). The second-order valence-electron chi connectivity index (χ2n) is 3.19. The summed E-state index contributed by atoms with van der Waals surface area (Å²) >= 11 is 11.2. The third kappa shape index (κ3) is 2.79. The van der Waals surface area contributed by atoms with Crippen molar-refractivity contribution in [3.63, 3.8) is 0 Å². The van der Waals surface area contributed by atoms with E-state index < -0.39 is 17.8 Å². The van der Waals surface area contributed by atoms with Gasteiger partial charge in [0, 0.05) is 12.6 Å². The molecule has 0 aromatic heterocycles. The zero-order valence-corrected chi connectivity index (χ0v) is 9.50. The largest absolute Gasteiger partial charge is 0.416 e. The van der Waals surface area contributed by atoms with Crippen LogP contribution in [0.4, 0.5) is 13.2 Å². The summed E-state index contributed by atoms with van der Waals surface area (Å²) in [5.74, 6) is 0. The fourth-order valence-electron chi connectivity index (χ4n) is 1.24. The van der Waals surface area contributed by atoms with Crippen LogP contribution in [0, 0.1) is 0 Å². The summed E-state index contributed by atoms with van der Waals surface area (Å²) in [5, 5.41) is -0.143. The maximum absolute atomic E-state index is 12.7. The van der Waals surface area contributed by atoms with Crippen LogP contribution < -0.4 is 11.5 Å². The predicted molar refractivity (Wildman–Crippen MR) is 57.4 cm³/mol. The first-order valence-electron chi connectivity index (χ1n) is 4.29. The maximum Gasteiger partial charge on any atom is 0.416 e. The fraction of sp³-hybridized carbons (Fsp3) is 0.333. The van der Waals surface area contributed by atoms with Crippen molar-refractivity contribution in [3.05, 3.63) is 33.3 Å². The fourth-order valence-corrected chi connectivity index (χ4v) is 1.58. The average Bonchev–Trinajstić information content (AvgIpc) is 2.18. The number of hydrogen-bond donors (Lipinski definition) is 2. The van der Waals surface area contributed by atoms with Gasteiger partial charge < -0.3 is 11.5 Å². The topological polar surface area (TPSA) is 52.0 Å². The highest BCUT2D eigenvalue weighted by molar-refractivity contribution is 6.42. The van der Waals surface area contributed by atoms with Crippen molar-refractivity contribution in [3.8, 4) is 0 Å². The molecule has 0 bridgehead atoms. The number of rotatable bonds is 2. The van der Waals surface area contributed by atoms with Gasteiger partial charge in [0.2, 0.25) is 0 Å². The summed E-state index contributed by atoms with van der Waals surface area (Å²) in [6.45, 7) is -0.110. The first-order valence-corrected chi connectivity index (χ1v) is 5.04. The lowest BCUT2D eigenvalue weighted by molar-refractivity contribution is -0.138. The molecule has 1 atom stereocenters. The van der Waals surface area contributed by atoms with E-state index >= 15 is 0 Å². The number of alkyl halides is 3. The summed E-state index contributed by atoms with van der Waals surface area (Å²) in [6, 6.07) is 0.935. The number of benzene rings is 1. The van der Waals surface area contributed by atoms with Crippen molar-refractivity contribution in [2.24, 2.45) is 11.5 Å². The molecule has 1 aromatic rings. The molecule has 0 heterocycles. The molecule has 4 N–H and O–H groups in total. The van der Waals surface area contributed by atoms with Gasteiger partial charge >= 0.3 is 6.18 Å². The van der Waals surface area contributed by atoms with E-state index in [0.29, 0.717) is 0 Å². The molecule has 16 heavy (non-hydrogen) atoms. The molecule has 0 fully saturated rings. The van der Waals surface area contributed by atoms with Crippen molar-refractivity contribution < 1.29 is 13.2 Å². The van der Waals surface area contributed by atoms with Gasteiger partial charge in [0.25, 0.3) is 0 Å². The lowest BCUT2D eigenvalue weighted by atomic mass is 10.0. The summed E-state index contributed by atoms with van der Waals surface area (Å²) in [4.78, 5) is 0. The number of halogens is 5. The van der Waals surface area contributed by atoms with E-state index in [-0.39, 0.29) is 22.2 Å². The van der Waals surface area contributed by atoms with Crippen LogP contribution >= 0.6 is 23.2 Å². The van der Waals surface area contributed by atoms with E-state index in [1.807, 2.05) is 0 Å². The first-order chi connectivity index (χ1) is 7.27. The molecule has 0 amide bonds. The highest BCUT2D eigenvalue weighted by atomic mass is 35.5. The van der Waals surface area contributed by atoms with Gasteiger partial charge in [0.05, 0.1) is 15.6 Å². The average molecular weight is 273 g/mol. The molecule has 1 unspecified atom stereocenters. The second-order valence-corrected chi connectivity index (χ2v) is 4.01. The Labute approximate surface area is 100 Å². The third-order valence-electron chi connectivity index (χ3n) is 2.05. The Morgan fingerprint density at radius 1 is 1.19 bits per heavy atom. The highest BCUT2D eigenvalue weighted by Crippen LogP contribution is 2.38. The normalized spacial score (nSPS) is 13.9. The molecular formula is C9H9Cl2F3N2. The maximum atomic E-state index is 12.7. The lowest BCUT2D eigenvalue weighted by Gasteiger charge is -2.18. The van der Waals surface area contributed by atoms with Crippen molar-refractivity contribution in [2.75, 3.05) is 6.54 Å². The van der Waals surface area contributed by atoms with Crippen LogP contribution in [0.5, 0.6) is 0 Å². The summed E-state index contributed by atoms with van der Waals surface area (Å²) in [7, 11) is 0. The number of hydrogen-bond acceptors (Lipinski definition) is 2. The standard InChI is InChI=1S/C9H9Cl2F3N2/c10-6-1-4(8(16)3-15)5(2-7(6)11)9(12,13)14/h1-2,8H,3,15-16H2. The lowest BCUT2D eigenvalue weighted by Crippen LogP contribution is -2.24. The third-order valence-corrected chi connectivity index (χ3v) is 2.77. The van der Waals surface area contributed by atoms with Gasteiger partial charge in [-0.2, -0.15) is 13.2 Å². The van der Waals surface area contributed by atoms with Crippen LogP contribution in [0.3, 0.4) is 0 Å². The smallest absolute Gasteiger partial charge is 0.329 e. The van der Waals surface area contributed by atoms with Gasteiger partial charge in [-0.1, -0.05) is 23.2 Å². The minimum absolute atomic E-state index is 0.0218. The van der Waals surface area contributed by atoms with Gasteiger partial charge in [-0.05, 0) is 17.7 Å². The minimum Gasteiger partial charge on any atom is -0.329 e. The Hall–Kier alpha value is -0.490. The Morgan fingerprint density at radius 3 is 2.12 bits per heavy atom. The van der Waals surface area contributed by atoms with Crippen LogP contribution in [-0.4, -0.2) is 6.54 Å². The van der Waals surface area contributed by atoms with Crippen LogP contribution in [0.15, 0.2) is 12.1 Å². The molecule has 90 valence electrons. The monoisotopic (exact) mass is 272 g/mol. The van der Waals surface area contributed by atoms with E-state index in [1.165, 1.54) is 0 Å². The van der Waals surface area contributed by atoms with Gasteiger partial charge in [0.1, 0.15) is 0 Å². The summed E-state index contributed by atoms with van der Waals surface area (Å²) < 4.78 is 38.0. The van der Waals surface area contributed by atoms with Gasteiger partial charge in [-0.25, -0.2) is 0 Å². The summed E-state index contributed by atoms with van der Waals surface area (Å²) in [5.41, 5.74) is 9.67. The second kappa shape index (κ2) is 4.79. The quantitative estimate of drug-likeness (QED) is 0.870. The van der Waals surface area contributed by atoms with Crippen LogP contribution in [-0.2, 0) is 6.18 Å². The zero-order chi connectivity index (χ0) is 12.5. The van der Waals surface area contributed by atoms with Crippen molar-refractivity contribution in [1.82, 2.24) is 0 Å². The van der Waals surface area contributed by atoms with Crippen molar-refractivity contribution in [2.45, 2.75) is 12.2 Å². The Bertz CT molecular complexity index is 393. The molecule has 0 aliphatic carbocycles. The number of nitrogens with two attached hydrogens (primary N) is 2. The minimum atomic E-state index is -4.53. The Balaban J connectivity index is 3.39. The highest BCUT2D eigenvalue weighted by Gasteiger charge is 2.35. The van der Waals surface area contributed by atoms with E-state index in [9.17, 15) is 13.2 Å². The molecule has 0 spiro atoms. The molecule has 0 radical (unpaired) electrons. The SMILES string of the molecule is NCC(N)c1cc(Cl)c(Cl)cc1C(F)(F)F. The van der Waals surface area contributed by atoms with Gasteiger partial charge in [0.15, 0.2) is 0 Å². The van der Waals surface area contributed by atoms with E-state index in [4.69, 9.17) is 34.7 Å². The van der Waals surface area contributed by atoms with Gasteiger partial charge in [-0.15, -0.1) is 0 Å². The van der Waals surface area contributed by atoms with Gasteiger partial charge in [-0.3, -0.25) is 0 Å². The predicted octanol–water partition coefficient (Wildman–Crippen LogP) is 2.97. The van der Waals surface area contributed by atoms with Crippen LogP contribution in [0.2, 0.25) is 10.0 Å². The van der Waals surface area contributed by atoms with E-state index in [0.717, 1.165) is 12.1 Å². The van der Waals surface area contributed by atoms with Crippen LogP contribution in [0.1, 0.15) is 17.2 Å². The van der Waals surface area contributed by atoms with Crippen molar-refractivity contribution in [1.29, 1.82) is 0 Å². The van der Waals surface area contributed by atoms with Crippen LogP contribution in [0.25, 0.3) is 0 Å². The summed E-state index contributed by atoms with van der Waals surface area (Å²) in [6.07, 6.45) is -4.53. The molecule has 0 saturated carbocycles. The molecule has 2 nitrogen and oxygen atoms in total. The molecule has 0 aliphatic heterocycles. The van der Waals surface area contributed by atoms with E-state index in [1.54, 1.807) is 0 Å². The van der Waals surface area contributed by atoms with Crippen molar-refractivity contribution >= 4 is 23.2 Å². The molecular weight excluding hydrogens is 264 g/mol. The molecule has 0 saturated heterocycles. The first kappa shape index (κ1) is 13.6. The molecule has 7 heteroatoms. The zero-order valence-electron chi connectivity index (χ0n) is 7.98. The Kier molecular flexibility index (Phi) is 4.07. The molecule has 1 aromatic carbocycles.